The van der Waals surface area contributed by atoms with Crippen molar-refractivity contribution in [2.45, 2.75) is 96.4 Å². The van der Waals surface area contributed by atoms with Crippen LogP contribution in [0.3, 0.4) is 0 Å². The van der Waals surface area contributed by atoms with Crippen molar-refractivity contribution in [1.82, 2.24) is 10.2 Å². The van der Waals surface area contributed by atoms with Gasteiger partial charge in [0.15, 0.2) is 0 Å². The van der Waals surface area contributed by atoms with Crippen molar-refractivity contribution in [2.75, 3.05) is 6.54 Å². The van der Waals surface area contributed by atoms with E-state index < -0.39 is 5.60 Å². The second-order valence-electron chi connectivity index (χ2n) is 8.88. The van der Waals surface area contributed by atoms with Gasteiger partial charge in [-0.3, -0.25) is 0 Å². The number of ether oxygens (including phenoxy) is 1. The topological polar surface area (TPSA) is 41.6 Å². The summed E-state index contributed by atoms with van der Waals surface area (Å²) >= 11 is 0. The molecular weight excluding hydrogens is 288 g/mol. The summed E-state index contributed by atoms with van der Waals surface area (Å²) < 4.78 is 5.64. The highest BCUT2D eigenvalue weighted by atomic mass is 16.6. The molecule has 1 aliphatic heterocycles. The molecule has 3 aliphatic rings. The van der Waals surface area contributed by atoms with E-state index in [-0.39, 0.29) is 6.09 Å². The lowest BCUT2D eigenvalue weighted by Crippen LogP contribution is -2.49. The molecule has 2 aliphatic carbocycles. The monoisotopic (exact) mass is 322 g/mol. The molecule has 0 aromatic rings. The summed E-state index contributed by atoms with van der Waals surface area (Å²) in [5, 5.41) is 3.90. The average Bonchev–Trinajstić information content (AvgIpc) is 3.01. The quantitative estimate of drug-likeness (QED) is 0.852. The van der Waals surface area contributed by atoms with Gasteiger partial charge >= 0.3 is 6.09 Å². The van der Waals surface area contributed by atoms with Crippen LogP contribution in [0.4, 0.5) is 4.79 Å². The van der Waals surface area contributed by atoms with E-state index in [4.69, 9.17) is 4.74 Å². The molecule has 4 nitrogen and oxygen atoms in total. The fourth-order valence-electron chi connectivity index (χ4n) is 4.51. The number of rotatable bonds is 4. The van der Waals surface area contributed by atoms with Crippen LogP contribution in [0.1, 0.15) is 72.6 Å². The van der Waals surface area contributed by atoms with E-state index in [1.165, 1.54) is 32.1 Å². The first-order valence-electron chi connectivity index (χ1n) is 9.61. The summed E-state index contributed by atoms with van der Waals surface area (Å²) in [5.41, 5.74) is -0.405. The fourth-order valence-corrected chi connectivity index (χ4v) is 4.51. The highest BCUT2D eigenvalue weighted by molar-refractivity contribution is 5.69. The number of carbonyl (C=O) groups is 1. The summed E-state index contributed by atoms with van der Waals surface area (Å²) in [6.07, 6.45) is 8.72. The number of hydrogen-bond acceptors (Lipinski definition) is 3. The minimum atomic E-state index is -0.405. The Balaban J connectivity index is 1.62. The number of likely N-dealkylation sites (tertiary alicyclic amines) is 1. The fraction of sp³-hybridized carbons (Fsp3) is 0.947. The molecule has 4 atom stereocenters. The second-order valence-corrected chi connectivity index (χ2v) is 8.88. The van der Waals surface area contributed by atoms with Gasteiger partial charge in [0.1, 0.15) is 5.60 Å². The van der Waals surface area contributed by atoms with Crippen LogP contribution >= 0.6 is 0 Å². The molecule has 3 fully saturated rings. The van der Waals surface area contributed by atoms with Crippen LogP contribution in [0.5, 0.6) is 0 Å². The van der Waals surface area contributed by atoms with Crippen LogP contribution in [-0.2, 0) is 4.74 Å². The number of amides is 1. The Hall–Kier alpha value is -0.770. The summed E-state index contributed by atoms with van der Waals surface area (Å²) in [6, 6.07) is 1.59. The van der Waals surface area contributed by atoms with E-state index in [0.717, 1.165) is 25.3 Å². The Bertz CT molecular complexity index is 428. The predicted molar refractivity (Wildman–Crippen MR) is 92.4 cm³/mol. The number of carbonyl (C=O) groups excluding carboxylic acids is 1. The molecule has 132 valence electrons. The smallest absolute Gasteiger partial charge is 0.410 e. The van der Waals surface area contributed by atoms with Gasteiger partial charge in [0.05, 0.1) is 0 Å². The van der Waals surface area contributed by atoms with Crippen molar-refractivity contribution in [3.63, 3.8) is 0 Å². The minimum Gasteiger partial charge on any atom is -0.444 e. The molecule has 0 spiro atoms. The highest BCUT2D eigenvalue weighted by Gasteiger charge is 2.43. The van der Waals surface area contributed by atoms with Crippen molar-refractivity contribution in [1.29, 1.82) is 0 Å². The van der Waals surface area contributed by atoms with E-state index in [9.17, 15) is 4.79 Å². The van der Waals surface area contributed by atoms with Crippen molar-refractivity contribution < 1.29 is 9.53 Å². The molecule has 0 aromatic carbocycles. The van der Waals surface area contributed by atoms with Crippen molar-refractivity contribution in [3.8, 4) is 0 Å². The van der Waals surface area contributed by atoms with Gasteiger partial charge in [-0.15, -0.1) is 0 Å². The SMILES string of the molecule is CC(NC1CCCC1C1CCCN1C(=O)OC(C)(C)C)C1CC1. The molecule has 1 N–H and O–H groups in total. The molecule has 2 saturated carbocycles. The largest absolute Gasteiger partial charge is 0.444 e. The molecule has 0 bridgehead atoms. The van der Waals surface area contributed by atoms with E-state index in [1.54, 1.807) is 0 Å². The summed E-state index contributed by atoms with van der Waals surface area (Å²) in [5.74, 6) is 1.49. The number of nitrogens with zero attached hydrogens (tertiary/aromatic N) is 1. The first kappa shape index (κ1) is 17.1. The molecule has 1 amide bonds. The Morgan fingerprint density at radius 1 is 1.13 bits per heavy atom. The summed E-state index contributed by atoms with van der Waals surface area (Å²) in [7, 11) is 0. The Morgan fingerprint density at radius 3 is 2.52 bits per heavy atom. The van der Waals surface area contributed by atoms with Crippen LogP contribution in [-0.4, -0.2) is 41.3 Å². The molecule has 4 heteroatoms. The second kappa shape index (κ2) is 6.62. The zero-order chi connectivity index (χ0) is 16.6. The van der Waals surface area contributed by atoms with E-state index in [1.807, 2.05) is 25.7 Å². The molecule has 0 radical (unpaired) electrons. The highest BCUT2D eigenvalue weighted by Crippen LogP contribution is 2.38. The normalized spacial score (nSPS) is 33.0. The maximum Gasteiger partial charge on any atom is 0.410 e. The van der Waals surface area contributed by atoms with Crippen LogP contribution < -0.4 is 5.32 Å². The Kier molecular flexibility index (Phi) is 4.91. The van der Waals surface area contributed by atoms with Gasteiger partial charge in [0, 0.05) is 24.7 Å². The number of nitrogens with one attached hydrogen (secondary N) is 1. The maximum absolute atomic E-state index is 12.6. The van der Waals surface area contributed by atoms with Crippen LogP contribution in [0.25, 0.3) is 0 Å². The van der Waals surface area contributed by atoms with Gasteiger partial charge in [-0.2, -0.15) is 0 Å². The van der Waals surface area contributed by atoms with Gasteiger partial charge in [-0.1, -0.05) is 6.42 Å². The third-order valence-corrected chi connectivity index (χ3v) is 5.80. The molecule has 1 saturated heterocycles. The predicted octanol–water partition coefficient (Wildman–Crippen LogP) is 3.94. The van der Waals surface area contributed by atoms with Crippen molar-refractivity contribution in [2.24, 2.45) is 11.8 Å². The number of hydrogen-bond donors (Lipinski definition) is 1. The van der Waals surface area contributed by atoms with Crippen molar-refractivity contribution in [3.05, 3.63) is 0 Å². The molecule has 3 rings (SSSR count). The van der Waals surface area contributed by atoms with E-state index in [0.29, 0.717) is 24.0 Å². The third-order valence-electron chi connectivity index (χ3n) is 5.80. The maximum atomic E-state index is 12.6. The van der Waals surface area contributed by atoms with Gasteiger partial charge in [0.2, 0.25) is 0 Å². The molecule has 1 heterocycles. The average molecular weight is 322 g/mol. The molecule has 23 heavy (non-hydrogen) atoms. The minimum absolute atomic E-state index is 0.110. The first-order chi connectivity index (χ1) is 10.8. The lowest BCUT2D eigenvalue weighted by Gasteiger charge is -2.35. The first-order valence-corrected chi connectivity index (χ1v) is 9.61. The van der Waals surface area contributed by atoms with Crippen LogP contribution in [0.15, 0.2) is 0 Å². The summed E-state index contributed by atoms with van der Waals surface area (Å²) in [4.78, 5) is 14.6. The van der Waals surface area contributed by atoms with Crippen LogP contribution in [0.2, 0.25) is 0 Å². The third kappa shape index (κ3) is 4.20. The zero-order valence-electron chi connectivity index (χ0n) is 15.3. The van der Waals surface area contributed by atoms with E-state index in [2.05, 4.69) is 12.2 Å². The lowest BCUT2D eigenvalue weighted by molar-refractivity contribution is 0.0165. The van der Waals surface area contributed by atoms with Gasteiger partial charge in [-0.05, 0) is 78.1 Å². The Morgan fingerprint density at radius 2 is 1.87 bits per heavy atom. The van der Waals surface area contributed by atoms with E-state index >= 15 is 0 Å². The van der Waals surface area contributed by atoms with Crippen LogP contribution in [0, 0.1) is 11.8 Å². The van der Waals surface area contributed by atoms with Crippen molar-refractivity contribution >= 4 is 6.09 Å². The molecule has 4 unspecified atom stereocenters. The lowest BCUT2D eigenvalue weighted by atomic mass is 9.91. The zero-order valence-corrected chi connectivity index (χ0v) is 15.3. The van der Waals surface area contributed by atoms with Gasteiger partial charge < -0.3 is 15.0 Å². The Labute approximate surface area is 141 Å². The summed E-state index contributed by atoms with van der Waals surface area (Å²) in [6.45, 7) is 9.06. The molecular formula is C19H34N2O2. The standard InChI is InChI=1S/C19H34N2O2/c1-13(14-10-11-14)20-16-8-5-7-15(16)17-9-6-12-21(17)18(22)23-19(2,3)4/h13-17,20H,5-12H2,1-4H3. The molecule has 0 aromatic heterocycles. The van der Waals surface area contributed by atoms with Gasteiger partial charge in [-0.25, -0.2) is 4.79 Å². The van der Waals surface area contributed by atoms with Gasteiger partial charge in [0.25, 0.3) is 0 Å².